The van der Waals surface area contributed by atoms with E-state index < -0.39 is 55.1 Å². The third-order valence-corrected chi connectivity index (χ3v) is 9.59. The van der Waals surface area contributed by atoms with Gasteiger partial charge in [0.2, 0.25) is 0 Å². The molecule has 0 saturated heterocycles. The van der Waals surface area contributed by atoms with Crippen molar-refractivity contribution in [2.24, 2.45) is 5.41 Å². The first-order valence-electron chi connectivity index (χ1n) is 10.8. The number of hydrogen-bond donors (Lipinski definition) is 2. The second kappa shape index (κ2) is 11.2. The van der Waals surface area contributed by atoms with Gasteiger partial charge in [-0.3, -0.25) is 4.79 Å². The van der Waals surface area contributed by atoms with Crippen LogP contribution in [0.1, 0.15) is 28.8 Å². The van der Waals surface area contributed by atoms with E-state index in [1.54, 1.807) is 12.1 Å². The molecule has 38 heavy (non-hydrogen) atoms. The predicted molar refractivity (Wildman–Crippen MR) is 144 cm³/mol. The normalized spacial score (nSPS) is 21.4. The number of nitrogens with one attached hydrogen (secondary N) is 2. The second-order valence-corrected chi connectivity index (χ2v) is 13.8. The Morgan fingerprint density at radius 2 is 1.71 bits per heavy atom. The zero-order valence-electron chi connectivity index (χ0n) is 19.4. The maximum absolute atomic E-state index is 12.7. The van der Waals surface area contributed by atoms with Gasteiger partial charge in [0.25, 0.3) is 5.91 Å². The Morgan fingerprint density at radius 1 is 1.11 bits per heavy atom. The fourth-order valence-corrected chi connectivity index (χ4v) is 7.40. The van der Waals surface area contributed by atoms with Crippen LogP contribution >= 0.6 is 58.0 Å². The van der Waals surface area contributed by atoms with Gasteiger partial charge in [0.1, 0.15) is 16.4 Å². The highest BCUT2D eigenvalue weighted by atomic mass is 35.5. The van der Waals surface area contributed by atoms with E-state index in [1.807, 2.05) is 0 Å². The molecule has 0 bridgehead atoms. The van der Waals surface area contributed by atoms with E-state index in [2.05, 4.69) is 10.6 Å². The smallest absolute Gasteiger partial charge is 0.384 e. The first-order chi connectivity index (χ1) is 17.4. The Kier molecular flexibility index (Phi) is 9.18. The van der Waals surface area contributed by atoms with Crippen molar-refractivity contribution in [3.05, 3.63) is 62.6 Å². The Balaban J connectivity index is 1.73. The molecular weight excluding hydrogens is 635 g/mol. The third-order valence-electron chi connectivity index (χ3n) is 5.90. The van der Waals surface area contributed by atoms with Crippen molar-refractivity contribution in [1.82, 2.24) is 5.32 Å². The van der Waals surface area contributed by atoms with Crippen LogP contribution in [0.3, 0.4) is 0 Å². The van der Waals surface area contributed by atoms with Crippen LogP contribution in [0, 0.1) is 5.41 Å². The second-order valence-electron chi connectivity index (χ2n) is 9.01. The molecule has 2 unspecified atom stereocenters. The molecule has 15 heteroatoms. The summed E-state index contributed by atoms with van der Waals surface area (Å²) in [5.74, 6) is -4.36. The van der Waals surface area contributed by atoms with Gasteiger partial charge in [-0.15, -0.1) is 0 Å². The first kappa shape index (κ1) is 31.1. The quantitative estimate of drug-likeness (QED) is 0.232. The lowest BCUT2D eigenvalue weighted by Crippen LogP contribution is -2.39. The van der Waals surface area contributed by atoms with Gasteiger partial charge in [-0.2, -0.15) is 13.2 Å². The summed E-state index contributed by atoms with van der Waals surface area (Å²) < 4.78 is 59.5. The summed E-state index contributed by atoms with van der Waals surface area (Å²) in [5.41, 5.74) is -0.439. The number of amides is 1. The maximum Gasteiger partial charge on any atom is 0.402 e. The van der Waals surface area contributed by atoms with Crippen molar-refractivity contribution in [3.8, 4) is 0 Å². The fraction of sp³-hybridized carbons (Fsp3) is 0.391. The molecule has 3 rings (SSSR count). The van der Waals surface area contributed by atoms with Gasteiger partial charge in [-0.25, -0.2) is 8.42 Å². The van der Waals surface area contributed by atoms with E-state index in [4.69, 9.17) is 58.0 Å². The lowest BCUT2D eigenvalue weighted by molar-refractivity contribution is -0.112. The van der Waals surface area contributed by atoms with E-state index in [0.29, 0.717) is 27.6 Å². The van der Waals surface area contributed by atoms with Crippen LogP contribution in [-0.4, -0.2) is 55.2 Å². The molecule has 0 radical (unpaired) electrons. The number of alkyl halides is 5. The summed E-state index contributed by atoms with van der Waals surface area (Å²) in [6, 6.07) is 7.83. The average molecular weight is 655 g/mol. The predicted octanol–water partition coefficient (Wildman–Crippen LogP) is 6.31. The summed E-state index contributed by atoms with van der Waals surface area (Å²) in [6.07, 6.45) is -4.26. The zero-order chi connectivity index (χ0) is 28.7. The van der Waals surface area contributed by atoms with Gasteiger partial charge < -0.3 is 15.4 Å². The Bertz CT molecular complexity index is 1340. The van der Waals surface area contributed by atoms with Gasteiger partial charge in [0.15, 0.2) is 9.84 Å². The first-order valence-corrected chi connectivity index (χ1v) is 14.5. The lowest BCUT2D eigenvalue weighted by atomic mass is 10.00. The molecule has 2 aromatic rings. The molecule has 1 aliphatic rings. The number of benzene rings is 2. The zero-order valence-corrected chi connectivity index (χ0v) is 24.0. The van der Waals surface area contributed by atoms with Crippen molar-refractivity contribution in [3.63, 3.8) is 0 Å². The van der Waals surface area contributed by atoms with Gasteiger partial charge in [0.05, 0.1) is 21.8 Å². The highest BCUT2D eigenvalue weighted by Gasteiger charge is 2.76. The van der Waals surface area contributed by atoms with Gasteiger partial charge in [-0.1, -0.05) is 58.0 Å². The summed E-state index contributed by atoms with van der Waals surface area (Å²) >= 11 is 31.3. The van der Waals surface area contributed by atoms with Gasteiger partial charge in [-0.05, 0) is 48.9 Å². The highest BCUT2D eigenvalue weighted by molar-refractivity contribution is 7.91. The molecule has 208 valence electrons. The number of rotatable bonds is 10. The topological polar surface area (TPSA) is 92.3 Å². The molecule has 1 fully saturated rings. The van der Waals surface area contributed by atoms with Gasteiger partial charge >= 0.3 is 6.18 Å². The highest BCUT2D eigenvalue weighted by Crippen LogP contribution is 2.73. The van der Waals surface area contributed by atoms with Crippen LogP contribution in [0.2, 0.25) is 15.1 Å². The van der Waals surface area contributed by atoms with E-state index in [0.717, 1.165) is 0 Å². The summed E-state index contributed by atoms with van der Waals surface area (Å²) in [6.45, 7) is 1.21. The molecule has 0 heterocycles. The van der Waals surface area contributed by atoms with Crippen LogP contribution in [-0.2, 0) is 14.6 Å². The Morgan fingerprint density at radius 3 is 2.26 bits per heavy atom. The number of carbonyl (C=O) groups is 2. The largest absolute Gasteiger partial charge is 0.402 e. The molecule has 6 nitrogen and oxygen atoms in total. The molecule has 2 aromatic carbocycles. The van der Waals surface area contributed by atoms with Crippen molar-refractivity contribution in [2.75, 3.05) is 23.4 Å². The van der Waals surface area contributed by atoms with Crippen molar-refractivity contribution < 1.29 is 31.2 Å². The molecule has 1 aliphatic carbocycles. The van der Waals surface area contributed by atoms with E-state index in [1.165, 1.54) is 31.2 Å². The monoisotopic (exact) mass is 652 g/mol. The van der Waals surface area contributed by atoms with E-state index >= 15 is 0 Å². The number of carbonyl (C=O) groups excluding carboxylic acids is 2. The molecule has 3 atom stereocenters. The molecule has 0 spiro atoms. The molecule has 0 aliphatic heterocycles. The Labute approximate surface area is 242 Å². The number of anilines is 1. The van der Waals surface area contributed by atoms with Crippen molar-refractivity contribution >= 4 is 85.7 Å². The number of aldehydes is 1. The summed E-state index contributed by atoms with van der Waals surface area (Å²) in [7, 11) is -4.51. The van der Waals surface area contributed by atoms with E-state index in [9.17, 15) is 31.2 Å². The minimum atomic E-state index is -4.89. The van der Waals surface area contributed by atoms with Crippen LogP contribution in [0.25, 0.3) is 0 Å². The minimum Gasteiger partial charge on any atom is -0.384 e. The van der Waals surface area contributed by atoms with E-state index in [-0.39, 0.29) is 17.1 Å². The number of sulfone groups is 1. The SMILES string of the molecule is C[C@H](CS(=O)(=O)CC(F)(F)F)NC(=O)c1cc(NCC2(C=O)C(c3cc(Cl)cc(Cl)c3)C2(Cl)Cl)ccc1Cl. The summed E-state index contributed by atoms with van der Waals surface area (Å²) in [4.78, 5) is 24.9. The molecule has 1 saturated carbocycles. The summed E-state index contributed by atoms with van der Waals surface area (Å²) in [5, 5.41) is 6.01. The number of halogens is 8. The molecule has 0 aromatic heterocycles. The maximum atomic E-state index is 12.7. The third kappa shape index (κ3) is 7.01. The molecule has 1 amide bonds. The fourth-order valence-electron chi connectivity index (χ4n) is 4.22. The van der Waals surface area contributed by atoms with Gasteiger partial charge in [0, 0.05) is 34.2 Å². The molecule has 2 N–H and O–H groups in total. The van der Waals surface area contributed by atoms with Crippen molar-refractivity contribution in [2.45, 2.75) is 29.4 Å². The van der Waals surface area contributed by atoms with Crippen molar-refractivity contribution in [1.29, 1.82) is 0 Å². The molecular formula is C23H20Cl5F3N2O4S. The number of hydrogen-bond acceptors (Lipinski definition) is 5. The van der Waals surface area contributed by atoms with Crippen LogP contribution < -0.4 is 10.6 Å². The van der Waals surface area contributed by atoms with Crippen LogP contribution in [0.15, 0.2) is 36.4 Å². The minimum absolute atomic E-state index is 0.00500. The lowest BCUT2D eigenvalue weighted by Gasteiger charge is -2.17. The van der Waals surface area contributed by atoms with Crippen LogP contribution in [0.4, 0.5) is 18.9 Å². The average Bonchev–Trinajstić information content (AvgIpc) is 3.24. The standard InChI is InChI=1S/C23H20Cl5F3N2O4S/c1-12(8-38(36,37)11-22(29,30)31)33-20(35)17-7-16(2-3-18(17)26)32-9-21(10-34)19(23(21,27)28)13-4-14(24)6-15(25)5-13/h2-7,10,12,19,32H,8-9,11H2,1H3,(H,33,35)/t12-,19?,21?/m1/s1. The Hall–Kier alpha value is -1.43. The van der Waals surface area contributed by atoms with Crippen LogP contribution in [0.5, 0.6) is 0 Å².